The SMILES string of the molecule is COCCNC(=O)c1cnc(N2CCN(C(C)=O)CC2)nc1. The maximum atomic E-state index is 11.8. The molecule has 0 bridgehead atoms. The van der Waals surface area contributed by atoms with Gasteiger partial charge in [-0.3, -0.25) is 9.59 Å². The van der Waals surface area contributed by atoms with Crippen molar-refractivity contribution in [2.24, 2.45) is 0 Å². The molecule has 1 aromatic rings. The normalized spacial score (nSPS) is 14.8. The summed E-state index contributed by atoms with van der Waals surface area (Å²) in [4.78, 5) is 35.4. The smallest absolute Gasteiger partial charge is 0.254 e. The van der Waals surface area contributed by atoms with Crippen molar-refractivity contribution in [1.29, 1.82) is 0 Å². The number of hydrogen-bond donors (Lipinski definition) is 1. The molecule has 1 aliphatic rings. The van der Waals surface area contributed by atoms with Crippen LogP contribution in [0.4, 0.5) is 5.95 Å². The van der Waals surface area contributed by atoms with Crippen molar-refractivity contribution in [3.8, 4) is 0 Å². The van der Waals surface area contributed by atoms with E-state index in [9.17, 15) is 9.59 Å². The molecule has 8 heteroatoms. The molecule has 1 fully saturated rings. The first-order valence-electron chi connectivity index (χ1n) is 7.21. The highest BCUT2D eigenvalue weighted by Gasteiger charge is 2.20. The second kappa shape index (κ2) is 7.69. The lowest BCUT2D eigenvalue weighted by molar-refractivity contribution is -0.129. The van der Waals surface area contributed by atoms with Crippen molar-refractivity contribution >= 4 is 17.8 Å². The topological polar surface area (TPSA) is 87.7 Å². The minimum absolute atomic E-state index is 0.0867. The molecular formula is C14H21N5O3. The first-order valence-corrected chi connectivity index (χ1v) is 7.21. The lowest BCUT2D eigenvalue weighted by Crippen LogP contribution is -2.48. The summed E-state index contributed by atoms with van der Waals surface area (Å²) in [6.45, 7) is 5.20. The van der Waals surface area contributed by atoms with Crippen LogP contribution in [-0.2, 0) is 9.53 Å². The molecule has 120 valence electrons. The average Bonchev–Trinajstić information content (AvgIpc) is 2.55. The van der Waals surface area contributed by atoms with Gasteiger partial charge in [-0.2, -0.15) is 0 Å². The number of hydrogen-bond acceptors (Lipinski definition) is 6. The van der Waals surface area contributed by atoms with Gasteiger partial charge < -0.3 is 19.9 Å². The van der Waals surface area contributed by atoms with E-state index >= 15 is 0 Å². The summed E-state index contributed by atoms with van der Waals surface area (Å²) in [7, 11) is 1.58. The standard InChI is InChI=1S/C14H21N5O3/c1-11(20)18-4-6-19(7-5-18)14-16-9-12(10-17-14)13(21)15-3-8-22-2/h9-10H,3-8H2,1-2H3,(H,15,21). The van der Waals surface area contributed by atoms with Gasteiger partial charge in [0.25, 0.3) is 5.91 Å². The molecule has 1 aromatic heterocycles. The van der Waals surface area contributed by atoms with E-state index in [1.165, 1.54) is 12.4 Å². The van der Waals surface area contributed by atoms with E-state index in [-0.39, 0.29) is 11.8 Å². The molecule has 1 aliphatic heterocycles. The van der Waals surface area contributed by atoms with Gasteiger partial charge >= 0.3 is 0 Å². The molecule has 0 aromatic carbocycles. The second-order valence-electron chi connectivity index (χ2n) is 5.01. The Labute approximate surface area is 129 Å². The number of carbonyl (C=O) groups excluding carboxylic acids is 2. The van der Waals surface area contributed by atoms with Gasteiger partial charge in [0.05, 0.1) is 12.2 Å². The molecule has 2 amide bonds. The zero-order valence-corrected chi connectivity index (χ0v) is 12.9. The average molecular weight is 307 g/mol. The monoisotopic (exact) mass is 307 g/mol. The van der Waals surface area contributed by atoms with Crippen LogP contribution >= 0.6 is 0 Å². The van der Waals surface area contributed by atoms with Crippen LogP contribution in [0.15, 0.2) is 12.4 Å². The van der Waals surface area contributed by atoms with Crippen molar-refractivity contribution in [2.75, 3.05) is 51.3 Å². The van der Waals surface area contributed by atoms with E-state index in [4.69, 9.17) is 4.74 Å². The highest BCUT2D eigenvalue weighted by molar-refractivity contribution is 5.93. The number of aromatic nitrogens is 2. The summed E-state index contributed by atoms with van der Waals surface area (Å²) in [6.07, 6.45) is 3.03. The van der Waals surface area contributed by atoms with Crippen LogP contribution in [0.5, 0.6) is 0 Å². The number of ether oxygens (including phenoxy) is 1. The van der Waals surface area contributed by atoms with Gasteiger partial charge in [-0.1, -0.05) is 0 Å². The Bertz CT molecular complexity index is 512. The third-order valence-electron chi connectivity index (χ3n) is 3.50. The van der Waals surface area contributed by atoms with Crippen LogP contribution in [0.2, 0.25) is 0 Å². The van der Waals surface area contributed by atoms with Crippen LogP contribution in [-0.4, -0.2) is 73.1 Å². The van der Waals surface area contributed by atoms with Crippen molar-refractivity contribution < 1.29 is 14.3 Å². The van der Waals surface area contributed by atoms with Crippen LogP contribution in [0, 0.1) is 0 Å². The number of piperazine rings is 1. The summed E-state index contributed by atoms with van der Waals surface area (Å²) < 4.78 is 4.87. The molecule has 0 saturated carbocycles. The Morgan fingerprint density at radius 3 is 2.41 bits per heavy atom. The van der Waals surface area contributed by atoms with Gasteiger partial charge in [0.15, 0.2) is 0 Å². The molecule has 0 radical (unpaired) electrons. The van der Waals surface area contributed by atoms with Crippen LogP contribution < -0.4 is 10.2 Å². The second-order valence-corrected chi connectivity index (χ2v) is 5.01. The van der Waals surface area contributed by atoms with E-state index in [0.717, 1.165) is 0 Å². The fourth-order valence-electron chi connectivity index (χ4n) is 2.19. The number of carbonyl (C=O) groups is 2. The quantitative estimate of drug-likeness (QED) is 0.739. The molecule has 0 aliphatic carbocycles. The number of anilines is 1. The number of nitrogens with zero attached hydrogens (tertiary/aromatic N) is 4. The van der Waals surface area contributed by atoms with E-state index < -0.39 is 0 Å². The van der Waals surface area contributed by atoms with Crippen LogP contribution in [0.1, 0.15) is 17.3 Å². The third kappa shape index (κ3) is 4.14. The van der Waals surface area contributed by atoms with Crippen molar-refractivity contribution in [3.63, 3.8) is 0 Å². The summed E-state index contributed by atoms with van der Waals surface area (Å²) >= 11 is 0. The van der Waals surface area contributed by atoms with E-state index in [1.54, 1.807) is 18.9 Å². The molecule has 1 saturated heterocycles. The molecule has 0 atom stereocenters. The van der Waals surface area contributed by atoms with Crippen molar-refractivity contribution in [2.45, 2.75) is 6.92 Å². The predicted molar refractivity (Wildman–Crippen MR) is 80.7 cm³/mol. The lowest BCUT2D eigenvalue weighted by atomic mass is 10.3. The Hall–Kier alpha value is -2.22. The van der Waals surface area contributed by atoms with Crippen molar-refractivity contribution in [1.82, 2.24) is 20.2 Å². The number of amides is 2. The number of nitrogens with one attached hydrogen (secondary N) is 1. The van der Waals surface area contributed by atoms with Crippen LogP contribution in [0.25, 0.3) is 0 Å². The Morgan fingerprint density at radius 1 is 1.23 bits per heavy atom. The highest BCUT2D eigenvalue weighted by atomic mass is 16.5. The minimum Gasteiger partial charge on any atom is -0.383 e. The summed E-state index contributed by atoms with van der Waals surface area (Å²) in [5.41, 5.74) is 0.419. The van der Waals surface area contributed by atoms with Gasteiger partial charge in [0.1, 0.15) is 0 Å². The van der Waals surface area contributed by atoms with Crippen molar-refractivity contribution in [3.05, 3.63) is 18.0 Å². The van der Waals surface area contributed by atoms with E-state index in [2.05, 4.69) is 15.3 Å². The first kappa shape index (κ1) is 16.2. The molecule has 8 nitrogen and oxygen atoms in total. The molecule has 2 heterocycles. The maximum absolute atomic E-state index is 11.8. The lowest BCUT2D eigenvalue weighted by Gasteiger charge is -2.34. The van der Waals surface area contributed by atoms with E-state index in [1.807, 2.05) is 4.90 Å². The molecular weight excluding hydrogens is 286 g/mol. The Kier molecular flexibility index (Phi) is 5.65. The largest absolute Gasteiger partial charge is 0.383 e. The van der Waals surface area contributed by atoms with Gasteiger partial charge in [0, 0.05) is 59.2 Å². The molecule has 0 spiro atoms. The van der Waals surface area contributed by atoms with Gasteiger partial charge in [0.2, 0.25) is 11.9 Å². The number of methoxy groups -OCH3 is 1. The predicted octanol–water partition coefficient (Wildman–Crippen LogP) is -0.479. The van der Waals surface area contributed by atoms with Crippen LogP contribution in [0.3, 0.4) is 0 Å². The summed E-state index contributed by atoms with van der Waals surface area (Å²) in [6, 6.07) is 0. The molecule has 22 heavy (non-hydrogen) atoms. The summed E-state index contributed by atoms with van der Waals surface area (Å²) in [5.74, 6) is 0.449. The Balaban J connectivity index is 1.89. The fourth-order valence-corrected chi connectivity index (χ4v) is 2.19. The third-order valence-corrected chi connectivity index (χ3v) is 3.50. The zero-order chi connectivity index (χ0) is 15.9. The minimum atomic E-state index is -0.218. The maximum Gasteiger partial charge on any atom is 0.254 e. The van der Waals surface area contributed by atoms with E-state index in [0.29, 0.717) is 50.8 Å². The zero-order valence-electron chi connectivity index (χ0n) is 12.9. The highest BCUT2D eigenvalue weighted by Crippen LogP contribution is 2.11. The van der Waals surface area contributed by atoms with Gasteiger partial charge in [-0.25, -0.2) is 9.97 Å². The molecule has 0 unspecified atom stereocenters. The molecule has 1 N–H and O–H groups in total. The number of rotatable bonds is 5. The molecule has 2 rings (SSSR count). The Morgan fingerprint density at radius 2 is 1.86 bits per heavy atom. The summed E-state index contributed by atoms with van der Waals surface area (Å²) in [5, 5.41) is 2.72. The van der Waals surface area contributed by atoms with Gasteiger partial charge in [-0.15, -0.1) is 0 Å². The first-order chi connectivity index (χ1) is 10.6. The fraction of sp³-hybridized carbons (Fsp3) is 0.571. The van der Waals surface area contributed by atoms with Gasteiger partial charge in [-0.05, 0) is 0 Å².